The van der Waals surface area contributed by atoms with Crippen LogP contribution in [0.15, 0.2) is 23.1 Å². The van der Waals surface area contributed by atoms with Crippen molar-refractivity contribution >= 4 is 11.8 Å². The fourth-order valence-electron chi connectivity index (χ4n) is 1.64. The average Bonchev–Trinajstić information content (AvgIpc) is 2.18. The van der Waals surface area contributed by atoms with Crippen LogP contribution in [0.1, 0.15) is 23.6 Å². The van der Waals surface area contributed by atoms with Gasteiger partial charge in [-0.3, -0.25) is 0 Å². The molecule has 0 radical (unpaired) electrons. The van der Waals surface area contributed by atoms with Gasteiger partial charge in [-0.1, -0.05) is 18.2 Å². The van der Waals surface area contributed by atoms with Gasteiger partial charge >= 0.3 is 0 Å². The first kappa shape index (κ1) is 9.06. The van der Waals surface area contributed by atoms with Crippen LogP contribution in [0.25, 0.3) is 0 Å². The van der Waals surface area contributed by atoms with Crippen molar-refractivity contribution < 1.29 is 5.11 Å². The van der Waals surface area contributed by atoms with Crippen molar-refractivity contribution in [2.75, 3.05) is 5.75 Å². The molecule has 0 amide bonds. The van der Waals surface area contributed by atoms with Gasteiger partial charge in [0.1, 0.15) is 0 Å². The number of rotatable bonds is 1. The molecule has 3 N–H and O–H groups in total. The van der Waals surface area contributed by atoms with Gasteiger partial charge in [0.05, 0.1) is 6.61 Å². The highest BCUT2D eigenvalue weighted by atomic mass is 32.2. The molecular weight excluding hydrogens is 182 g/mol. The Balaban J connectivity index is 2.48. The molecule has 1 aromatic carbocycles. The molecule has 1 unspecified atom stereocenters. The Bertz CT molecular complexity index is 314. The molecule has 2 rings (SSSR count). The van der Waals surface area contributed by atoms with Gasteiger partial charge in [0, 0.05) is 10.9 Å². The number of thioether (sulfide) groups is 1. The van der Waals surface area contributed by atoms with E-state index in [2.05, 4.69) is 6.07 Å². The summed E-state index contributed by atoms with van der Waals surface area (Å²) in [5, 5.41) is 9.13. The van der Waals surface area contributed by atoms with Gasteiger partial charge in [-0.15, -0.1) is 11.8 Å². The van der Waals surface area contributed by atoms with Crippen molar-refractivity contribution in [3.8, 4) is 0 Å². The van der Waals surface area contributed by atoms with Crippen LogP contribution in [0, 0.1) is 0 Å². The lowest BCUT2D eigenvalue weighted by molar-refractivity contribution is 0.278. The molecule has 0 bridgehead atoms. The summed E-state index contributed by atoms with van der Waals surface area (Å²) in [7, 11) is 0. The van der Waals surface area contributed by atoms with Crippen molar-refractivity contribution in [2.45, 2.75) is 24.0 Å². The SMILES string of the molecule is NC1CCSc2c(CO)cccc21. The minimum Gasteiger partial charge on any atom is -0.392 e. The number of hydrogen-bond donors (Lipinski definition) is 2. The molecule has 0 aromatic heterocycles. The molecule has 70 valence electrons. The van der Waals surface area contributed by atoms with Crippen LogP contribution in [0.5, 0.6) is 0 Å². The molecule has 1 aliphatic heterocycles. The minimum absolute atomic E-state index is 0.114. The Kier molecular flexibility index (Phi) is 2.58. The van der Waals surface area contributed by atoms with Crippen molar-refractivity contribution in [3.05, 3.63) is 29.3 Å². The van der Waals surface area contributed by atoms with Crippen LogP contribution in [0.3, 0.4) is 0 Å². The van der Waals surface area contributed by atoms with E-state index >= 15 is 0 Å². The average molecular weight is 195 g/mol. The third kappa shape index (κ3) is 1.59. The predicted octanol–water partition coefficient (Wildman–Crippen LogP) is 1.67. The van der Waals surface area contributed by atoms with E-state index in [0.29, 0.717) is 0 Å². The highest BCUT2D eigenvalue weighted by molar-refractivity contribution is 7.99. The van der Waals surface area contributed by atoms with Crippen LogP contribution in [-0.2, 0) is 6.61 Å². The lowest BCUT2D eigenvalue weighted by Gasteiger charge is -2.23. The van der Waals surface area contributed by atoms with Crippen LogP contribution in [0.2, 0.25) is 0 Å². The third-order valence-corrected chi connectivity index (χ3v) is 3.60. The Labute approximate surface area is 82.1 Å². The lowest BCUT2D eigenvalue weighted by atomic mass is 10.0. The van der Waals surface area contributed by atoms with Gasteiger partial charge in [0.2, 0.25) is 0 Å². The number of nitrogens with two attached hydrogens (primary N) is 1. The smallest absolute Gasteiger partial charge is 0.0692 e. The predicted molar refractivity (Wildman–Crippen MR) is 54.6 cm³/mol. The summed E-state index contributed by atoms with van der Waals surface area (Å²) in [5.41, 5.74) is 8.18. The lowest BCUT2D eigenvalue weighted by Crippen LogP contribution is -2.16. The summed E-state index contributed by atoms with van der Waals surface area (Å²) in [6, 6.07) is 6.15. The van der Waals surface area contributed by atoms with E-state index in [0.717, 1.165) is 17.7 Å². The monoisotopic (exact) mass is 195 g/mol. The quantitative estimate of drug-likeness (QED) is 0.716. The molecule has 0 fully saturated rings. The number of aliphatic hydroxyl groups is 1. The van der Waals surface area contributed by atoms with Gasteiger partial charge in [-0.25, -0.2) is 0 Å². The van der Waals surface area contributed by atoms with E-state index in [1.165, 1.54) is 10.5 Å². The Morgan fingerprint density at radius 1 is 1.54 bits per heavy atom. The van der Waals surface area contributed by atoms with Gasteiger partial charge in [-0.05, 0) is 23.3 Å². The number of aliphatic hydroxyl groups excluding tert-OH is 1. The molecule has 2 nitrogen and oxygen atoms in total. The molecule has 0 saturated heterocycles. The van der Waals surface area contributed by atoms with E-state index in [9.17, 15) is 0 Å². The Morgan fingerprint density at radius 2 is 2.38 bits per heavy atom. The van der Waals surface area contributed by atoms with E-state index < -0.39 is 0 Å². The molecule has 3 heteroatoms. The van der Waals surface area contributed by atoms with Crippen molar-refractivity contribution in [1.29, 1.82) is 0 Å². The Morgan fingerprint density at radius 3 is 3.15 bits per heavy atom. The van der Waals surface area contributed by atoms with Gasteiger partial charge in [0.15, 0.2) is 0 Å². The molecule has 1 aliphatic rings. The van der Waals surface area contributed by atoms with Gasteiger partial charge in [-0.2, -0.15) is 0 Å². The highest BCUT2D eigenvalue weighted by Crippen LogP contribution is 2.37. The van der Waals surface area contributed by atoms with E-state index in [1.807, 2.05) is 12.1 Å². The van der Waals surface area contributed by atoms with E-state index in [1.54, 1.807) is 11.8 Å². The van der Waals surface area contributed by atoms with Crippen molar-refractivity contribution in [3.63, 3.8) is 0 Å². The third-order valence-electron chi connectivity index (χ3n) is 2.37. The number of benzene rings is 1. The maximum atomic E-state index is 9.13. The van der Waals surface area contributed by atoms with Crippen molar-refractivity contribution in [2.24, 2.45) is 5.73 Å². The van der Waals surface area contributed by atoms with E-state index in [4.69, 9.17) is 10.8 Å². The van der Waals surface area contributed by atoms with Crippen LogP contribution >= 0.6 is 11.8 Å². The molecule has 1 aromatic rings. The van der Waals surface area contributed by atoms with Crippen molar-refractivity contribution in [1.82, 2.24) is 0 Å². The fourth-order valence-corrected chi connectivity index (χ4v) is 2.92. The zero-order chi connectivity index (χ0) is 9.26. The molecule has 0 saturated carbocycles. The normalized spacial score (nSPS) is 21.2. The molecule has 1 heterocycles. The van der Waals surface area contributed by atoms with Gasteiger partial charge in [0.25, 0.3) is 0 Å². The summed E-state index contributed by atoms with van der Waals surface area (Å²) in [5.74, 6) is 1.06. The summed E-state index contributed by atoms with van der Waals surface area (Å²) < 4.78 is 0. The van der Waals surface area contributed by atoms with Crippen LogP contribution in [-0.4, -0.2) is 10.9 Å². The maximum absolute atomic E-state index is 9.13. The second-order valence-corrected chi connectivity index (χ2v) is 4.34. The second-order valence-electron chi connectivity index (χ2n) is 3.24. The van der Waals surface area contributed by atoms with Crippen LogP contribution < -0.4 is 5.73 Å². The van der Waals surface area contributed by atoms with Crippen LogP contribution in [0.4, 0.5) is 0 Å². The number of hydrogen-bond acceptors (Lipinski definition) is 3. The highest BCUT2D eigenvalue weighted by Gasteiger charge is 2.18. The fraction of sp³-hybridized carbons (Fsp3) is 0.400. The molecule has 1 atom stereocenters. The largest absolute Gasteiger partial charge is 0.392 e. The summed E-state index contributed by atoms with van der Waals surface area (Å²) in [6.07, 6.45) is 1.03. The summed E-state index contributed by atoms with van der Waals surface area (Å²) >= 11 is 1.80. The van der Waals surface area contributed by atoms with Gasteiger partial charge < -0.3 is 10.8 Å². The second kappa shape index (κ2) is 3.70. The topological polar surface area (TPSA) is 46.2 Å². The number of fused-ring (bicyclic) bond motifs is 1. The molecule has 13 heavy (non-hydrogen) atoms. The standard InChI is InChI=1S/C10H13NOS/c11-9-4-5-13-10-7(6-12)2-1-3-8(9)10/h1-3,9,12H,4-6,11H2. The Hall–Kier alpha value is -0.510. The maximum Gasteiger partial charge on any atom is 0.0692 e. The minimum atomic E-state index is 0.114. The first-order valence-electron chi connectivity index (χ1n) is 4.44. The zero-order valence-corrected chi connectivity index (χ0v) is 8.18. The molecule has 0 spiro atoms. The molecular formula is C10H13NOS. The van der Waals surface area contributed by atoms with E-state index in [-0.39, 0.29) is 12.6 Å². The first-order chi connectivity index (χ1) is 6.33. The zero-order valence-electron chi connectivity index (χ0n) is 7.36. The summed E-state index contributed by atoms with van der Waals surface area (Å²) in [4.78, 5) is 1.20. The molecule has 0 aliphatic carbocycles. The summed E-state index contributed by atoms with van der Waals surface area (Å²) in [6.45, 7) is 0.114. The first-order valence-corrected chi connectivity index (χ1v) is 5.42.